The van der Waals surface area contributed by atoms with Gasteiger partial charge in [-0.25, -0.2) is 9.78 Å². The van der Waals surface area contributed by atoms with Crippen LogP contribution in [0.1, 0.15) is 5.56 Å². The van der Waals surface area contributed by atoms with E-state index in [1.807, 2.05) is 24.3 Å². The van der Waals surface area contributed by atoms with Crippen molar-refractivity contribution in [3.05, 3.63) is 51.0 Å². The van der Waals surface area contributed by atoms with Gasteiger partial charge in [0.15, 0.2) is 0 Å². The monoisotopic (exact) mass is 413 g/mol. The average molecular weight is 415 g/mol. The first-order valence-corrected chi connectivity index (χ1v) is 7.66. The molecule has 7 heteroatoms. The van der Waals surface area contributed by atoms with E-state index < -0.39 is 0 Å². The van der Waals surface area contributed by atoms with E-state index in [1.54, 1.807) is 19.4 Å². The Bertz CT molecular complexity index is 650. The number of rotatable bonds is 4. The molecule has 0 aliphatic rings. The van der Waals surface area contributed by atoms with Gasteiger partial charge in [-0.05, 0) is 40.2 Å². The van der Waals surface area contributed by atoms with Gasteiger partial charge in [-0.2, -0.15) is 0 Å². The maximum atomic E-state index is 11.9. The van der Waals surface area contributed by atoms with E-state index in [4.69, 9.17) is 4.74 Å². The molecule has 0 aliphatic heterocycles. The number of ether oxygens (including phenoxy) is 1. The molecule has 2 N–H and O–H groups in total. The first kappa shape index (κ1) is 15.8. The Labute approximate surface area is 139 Å². The highest BCUT2D eigenvalue weighted by Gasteiger charge is 2.08. The van der Waals surface area contributed by atoms with Crippen LogP contribution in [0, 0.1) is 0 Å². The van der Waals surface area contributed by atoms with Gasteiger partial charge in [-0.1, -0.05) is 22.0 Å². The van der Waals surface area contributed by atoms with Gasteiger partial charge in [0.2, 0.25) is 5.88 Å². The number of hydrogen-bond donors (Lipinski definition) is 2. The van der Waals surface area contributed by atoms with Gasteiger partial charge in [0.25, 0.3) is 0 Å². The van der Waals surface area contributed by atoms with E-state index in [1.165, 1.54) is 0 Å². The minimum absolute atomic E-state index is 0.306. The standard InChI is InChI=1S/C14H13Br2N3O2/c1-21-13-9(3-2-6-17-13)8-18-14(20)19-12-7-10(15)4-5-11(12)16/h2-7H,8H2,1H3,(H2,18,19,20). The number of carbonyl (C=O) groups is 1. The fourth-order valence-electron chi connectivity index (χ4n) is 1.68. The lowest BCUT2D eigenvalue weighted by molar-refractivity contribution is 0.251. The van der Waals surface area contributed by atoms with Gasteiger partial charge in [0.05, 0.1) is 12.8 Å². The van der Waals surface area contributed by atoms with Gasteiger partial charge in [0, 0.05) is 27.3 Å². The minimum atomic E-state index is -0.306. The number of amides is 2. The van der Waals surface area contributed by atoms with Crippen molar-refractivity contribution >= 4 is 43.6 Å². The lowest BCUT2D eigenvalue weighted by atomic mass is 10.2. The highest BCUT2D eigenvalue weighted by molar-refractivity contribution is 9.11. The Morgan fingerprint density at radius 1 is 1.33 bits per heavy atom. The predicted octanol–water partition coefficient (Wildman–Crippen LogP) is 3.94. The van der Waals surface area contributed by atoms with Crippen molar-refractivity contribution in [1.29, 1.82) is 0 Å². The number of pyridine rings is 1. The van der Waals surface area contributed by atoms with E-state index in [0.717, 1.165) is 14.5 Å². The average Bonchev–Trinajstić information content (AvgIpc) is 2.49. The van der Waals surface area contributed by atoms with Gasteiger partial charge in [0.1, 0.15) is 0 Å². The normalized spacial score (nSPS) is 10.0. The van der Waals surface area contributed by atoms with E-state index in [-0.39, 0.29) is 6.03 Å². The molecule has 0 aliphatic carbocycles. The van der Waals surface area contributed by atoms with Gasteiger partial charge in [-0.3, -0.25) is 0 Å². The summed E-state index contributed by atoms with van der Waals surface area (Å²) < 4.78 is 6.82. The summed E-state index contributed by atoms with van der Waals surface area (Å²) in [5.74, 6) is 0.501. The lowest BCUT2D eigenvalue weighted by Crippen LogP contribution is -2.28. The molecule has 1 aromatic heterocycles. The number of halogens is 2. The molecule has 2 rings (SSSR count). The quantitative estimate of drug-likeness (QED) is 0.796. The molecule has 0 saturated heterocycles. The molecule has 0 unspecified atom stereocenters. The molecule has 2 aromatic rings. The van der Waals surface area contributed by atoms with E-state index in [2.05, 4.69) is 47.5 Å². The molecule has 1 aromatic carbocycles. The summed E-state index contributed by atoms with van der Waals surface area (Å²) in [6.07, 6.45) is 1.64. The van der Waals surface area contributed by atoms with Crippen LogP contribution in [0.3, 0.4) is 0 Å². The van der Waals surface area contributed by atoms with E-state index in [0.29, 0.717) is 18.1 Å². The Morgan fingerprint density at radius 3 is 2.90 bits per heavy atom. The summed E-state index contributed by atoms with van der Waals surface area (Å²) in [5, 5.41) is 5.53. The summed E-state index contributed by atoms with van der Waals surface area (Å²) in [5.41, 5.74) is 1.49. The van der Waals surface area contributed by atoms with Crippen molar-refractivity contribution in [1.82, 2.24) is 10.3 Å². The molecule has 5 nitrogen and oxygen atoms in total. The molecule has 21 heavy (non-hydrogen) atoms. The SMILES string of the molecule is COc1ncccc1CNC(=O)Nc1cc(Br)ccc1Br. The third-order valence-electron chi connectivity index (χ3n) is 2.66. The number of methoxy groups -OCH3 is 1. The Hall–Kier alpha value is -1.60. The Balaban J connectivity index is 1.97. The fourth-order valence-corrected chi connectivity index (χ4v) is 2.38. The first-order valence-electron chi connectivity index (χ1n) is 6.08. The molecular weight excluding hydrogens is 402 g/mol. The lowest BCUT2D eigenvalue weighted by Gasteiger charge is -2.11. The molecule has 0 fully saturated rings. The number of urea groups is 1. The number of carbonyl (C=O) groups excluding carboxylic acids is 1. The minimum Gasteiger partial charge on any atom is -0.481 e. The number of hydrogen-bond acceptors (Lipinski definition) is 3. The van der Waals surface area contributed by atoms with Crippen LogP contribution in [-0.4, -0.2) is 18.1 Å². The van der Waals surface area contributed by atoms with Crippen molar-refractivity contribution in [2.24, 2.45) is 0 Å². The third-order valence-corrected chi connectivity index (χ3v) is 3.84. The maximum Gasteiger partial charge on any atom is 0.319 e. The zero-order valence-electron chi connectivity index (χ0n) is 11.2. The fraction of sp³-hybridized carbons (Fsp3) is 0.143. The van der Waals surface area contributed by atoms with Crippen LogP contribution >= 0.6 is 31.9 Å². The largest absolute Gasteiger partial charge is 0.481 e. The van der Waals surface area contributed by atoms with Crippen LogP contribution in [0.15, 0.2) is 45.5 Å². The van der Waals surface area contributed by atoms with Crippen LogP contribution in [0.2, 0.25) is 0 Å². The van der Waals surface area contributed by atoms with Crippen LogP contribution in [0.25, 0.3) is 0 Å². The third kappa shape index (κ3) is 4.44. The van der Waals surface area contributed by atoms with Crippen LogP contribution in [0.4, 0.5) is 10.5 Å². The van der Waals surface area contributed by atoms with Crippen LogP contribution in [0.5, 0.6) is 5.88 Å². The van der Waals surface area contributed by atoms with E-state index in [9.17, 15) is 4.79 Å². The number of nitrogens with zero attached hydrogens (tertiary/aromatic N) is 1. The summed E-state index contributed by atoms with van der Waals surface area (Å²) in [4.78, 5) is 16.0. The van der Waals surface area contributed by atoms with Crippen molar-refractivity contribution in [3.63, 3.8) is 0 Å². The maximum absolute atomic E-state index is 11.9. The summed E-state index contributed by atoms with van der Waals surface area (Å²) in [6.45, 7) is 0.328. The smallest absolute Gasteiger partial charge is 0.319 e. The highest BCUT2D eigenvalue weighted by atomic mass is 79.9. The second-order valence-electron chi connectivity index (χ2n) is 4.10. The van der Waals surface area contributed by atoms with Crippen molar-refractivity contribution < 1.29 is 9.53 Å². The number of aromatic nitrogens is 1. The van der Waals surface area contributed by atoms with Gasteiger partial charge in [-0.15, -0.1) is 0 Å². The molecule has 0 bridgehead atoms. The molecule has 0 atom stereocenters. The van der Waals surface area contributed by atoms with Crippen molar-refractivity contribution in [2.45, 2.75) is 6.54 Å². The molecule has 110 valence electrons. The first-order chi connectivity index (χ1) is 10.1. The highest BCUT2D eigenvalue weighted by Crippen LogP contribution is 2.26. The van der Waals surface area contributed by atoms with Crippen LogP contribution in [-0.2, 0) is 6.54 Å². The topological polar surface area (TPSA) is 63.2 Å². The second kappa shape index (κ2) is 7.42. The Morgan fingerprint density at radius 2 is 2.14 bits per heavy atom. The van der Waals surface area contributed by atoms with E-state index >= 15 is 0 Å². The Kier molecular flexibility index (Phi) is 5.58. The summed E-state index contributed by atoms with van der Waals surface area (Å²) in [7, 11) is 1.55. The number of nitrogens with one attached hydrogen (secondary N) is 2. The summed E-state index contributed by atoms with van der Waals surface area (Å²) in [6, 6.07) is 8.88. The van der Waals surface area contributed by atoms with Gasteiger partial charge >= 0.3 is 6.03 Å². The second-order valence-corrected chi connectivity index (χ2v) is 5.87. The van der Waals surface area contributed by atoms with Gasteiger partial charge < -0.3 is 15.4 Å². The number of anilines is 1. The molecule has 0 radical (unpaired) electrons. The van der Waals surface area contributed by atoms with Crippen molar-refractivity contribution in [3.8, 4) is 5.88 Å². The number of benzene rings is 1. The molecule has 1 heterocycles. The van der Waals surface area contributed by atoms with Crippen molar-refractivity contribution in [2.75, 3.05) is 12.4 Å². The molecule has 0 spiro atoms. The zero-order valence-corrected chi connectivity index (χ0v) is 14.4. The van der Waals surface area contributed by atoms with Crippen LogP contribution < -0.4 is 15.4 Å². The predicted molar refractivity (Wildman–Crippen MR) is 88.5 cm³/mol. The zero-order chi connectivity index (χ0) is 15.2. The molecule has 0 saturated carbocycles. The molecule has 2 amide bonds. The summed E-state index contributed by atoms with van der Waals surface area (Å²) >= 11 is 6.75. The molecular formula is C14H13Br2N3O2.